The van der Waals surface area contributed by atoms with Gasteiger partial charge in [-0.15, -0.1) is 11.3 Å². The molecule has 0 fully saturated rings. The number of carboxylic acid groups (broad SMARTS) is 1. The third-order valence-corrected chi connectivity index (χ3v) is 6.78. The van der Waals surface area contributed by atoms with Crippen LogP contribution in [0.1, 0.15) is 58.9 Å². The zero-order valence-electron chi connectivity index (χ0n) is 18.9. The highest BCUT2D eigenvalue weighted by molar-refractivity contribution is 7.17. The van der Waals surface area contributed by atoms with Crippen molar-refractivity contribution >= 4 is 33.9 Å². The molecule has 168 valence electrons. The molecule has 0 radical (unpaired) electrons. The van der Waals surface area contributed by atoms with Gasteiger partial charge in [0.15, 0.2) is 0 Å². The minimum Gasteiger partial charge on any atom is -0.478 e. The number of carboxylic acids is 1. The number of likely N-dealkylation sites (N-methyl/N-ethyl adjacent to an activating group) is 1. The number of carbonyl (C=O) groups excluding carboxylic acids is 1. The topological polar surface area (TPSA) is 88.1 Å². The van der Waals surface area contributed by atoms with Gasteiger partial charge in [0.25, 0.3) is 5.91 Å². The summed E-state index contributed by atoms with van der Waals surface area (Å²) >= 11 is 1.28. The standard InChI is InChI=1S/C23H30N2O5S/c1-22(2)13-16-17(21(27)28)20(31-18(16)23(3,4)30-22)24-19(26)14-7-9-15(10-8-14)25(5)11-12-29-6/h7-10H,11-13H2,1-6H3,(H,24,26)(H,27,28). The molecule has 1 aliphatic heterocycles. The lowest BCUT2D eigenvalue weighted by atomic mass is 9.86. The summed E-state index contributed by atoms with van der Waals surface area (Å²) in [6.07, 6.45) is 0.474. The van der Waals surface area contributed by atoms with Crippen LogP contribution >= 0.6 is 11.3 Å². The molecule has 1 aliphatic rings. The van der Waals surface area contributed by atoms with Crippen molar-refractivity contribution < 1.29 is 24.2 Å². The van der Waals surface area contributed by atoms with Gasteiger partial charge in [0.1, 0.15) is 5.00 Å². The average Bonchev–Trinajstić information content (AvgIpc) is 3.03. The second-order valence-corrected chi connectivity index (χ2v) is 9.90. The van der Waals surface area contributed by atoms with Crippen molar-refractivity contribution in [1.82, 2.24) is 0 Å². The second kappa shape index (κ2) is 8.61. The monoisotopic (exact) mass is 446 g/mol. The average molecular weight is 447 g/mol. The van der Waals surface area contributed by atoms with E-state index >= 15 is 0 Å². The van der Waals surface area contributed by atoms with Crippen LogP contribution < -0.4 is 10.2 Å². The molecule has 0 spiro atoms. The van der Waals surface area contributed by atoms with Crippen LogP contribution in [-0.4, -0.2) is 49.9 Å². The maximum absolute atomic E-state index is 12.9. The number of nitrogens with one attached hydrogen (secondary N) is 1. The summed E-state index contributed by atoms with van der Waals surface area (Å²) in [6, 6.07) is 7.19. The van der Waals surface area contributed by atoms with Gasteiger partial charge in [0.2, 0.25) is 0 Å². The van der Waals surface area contributed by atoms with Crippen LogP contribution in [0.15, 0.2) is 24.3 Å². The van der Waals surface area contributed by atoms with Gasteiger partial charge in [0.05, 0.1) is 23.4 Å². The Kier molecular flexibility index (Phi) is 6.45. The Morgan fingerprint density at radius 1 is 1.23 bits per heavy atom. The van der Waals surface area contributed by atoms with Gasteiger partial charge in [-0.3, -0.25) is 4.79 Å². The van der Waals surface area contributed by atoms with Gasteiger partial charge >= 0.3 is 5.97 Å². The Balaban J connectivity index is 1.87. The minimum absolute atomic E-state index is 0.161. The minimum atomic E-state index is -1.04. The molecule has 3 rings (SSSR count). The van der Waals surface area contributed by atoms with Crippen molar-refractivity contribution in [2.75, 3.05) is 37.5 Å². The Morgan fingerprint density at radius 3 is 2.45 bits per heavy atom. The van der Waals surface area contributed by atoms with Crippen molar-refractivity contribution in [2.24, 2.45) is 0 Å². The molecule has 0 aliphatic carbocycles. The van der Waals surface area contributed by atoms with Gasteiger partial charge in [-0.05, 0) is 57.5 Å². The number of thiophene rings is 1. The van der Waals surface area contributed by atoms with Crippen molar-refractivity contribution in [1.29, 1.82) is 0 Å². The molecule has 1 aromatic carbocycles. The summed E-state index contributed by atoms with van der Waals surface area (Å²) in [6.45, 7) is 9.10. The Morgan fingerprint density at radius 2 is 1.87 bits per heavy atom. The first-order valence-corrected chi connectivity index (χ1v) is 11.0. The van der Waals surface area contributed by atoms with Gasteiger partial charge in [-0.2, -0.15) is 0 Å². The van der Waals surface area contributed by atoms with Crippen LogP contribution in [0.5, 0.6) is 0 Å². The molecule has 0 unspecified atom stereocenters. The molecule has 1 aromatic heterocycles. The number of anilines is 2. The van der Waals surface area contributed by atoms with Gasteiger partial charge in [-0.1, -0.05) is 0 Å². The summed E-state index contributed by atoms with van der Waals surface area (Å²) in [4.78, 5) is 27.9. The molecule has 2 aromatic rings. The van der Waals surface area contributed by atoms with E-state index in [9.17, 15) is 14.7 Å². The summed E-state index contributed by atoms with van der Waals surface area (Å²) < 4.78 is 11.3. The quantitative estimate of drug-likeness (QED) is 0.657. The number of amides is 1. The van der Waals surface area contributed by atoms with E-state index in [1.54, 1.807) is 19.2 Å². The van der Waals surface area contributed by atoms with Crippen molar-refractivity contribution in [3.05, 3.63) is 45.8 Å². The number of nitrogens with zero attached hydrogens (tertiary/aromatic N) is 1. The van der Waals surface area contributed by atoms with Crippen LogP contribution in [0.4, 0.5) is 10.7 Å². The lowest BCUT2D eigenvalue weighted by Crippen LogP contribution is -2.41. The maximum atomic E-state index is 12.9. The first-order valence-electron chi connectivity index (χ1n) is 10.2. The molecule has 0 bridgehead atoms. The van der Waals surface area contributed by atoms with Crippen molar-refractivity contribution in [3.63, 3.8) is 0 Å². The number of rotatable bonds is 7. The molecule has 7 nitrogen and oxygen atoms in total. The summed E-state index contributed by atoms with van der Waals surface area (Å²) in [5.74, 6) is -1.39. The number of benzene rings is 1. The number of aromatic carboxylic acids is 1. The van der Waals surface area contributed by atoms with Crippen molar-refractivity contribution in [3.8, 4) is 0 Å². The van der Waals surface area contributed by atoms with E-state index in [0.717, 1.165) is 22.7 Å². The lowest BCUT2D eigenvalue weighted by molar-refractivity contribution is -0.135. The number of ether oxygens (including phenoxy) is 2. The van der Waals surface area contributed by atoms with Crippen LogP contribution in [0, 0.1) is 0 Å². The number of methoxy groups -OCH3 is 1. The van der Waals surface area contributed by atoms with E-state index in [0.29, 0.717) is 23.6 Å². The fraction of sp³-hybridized carbons (Fsp3) is 0.478. The van der Waals surface area contributed by atoms with Gasteiger partial charge < -0.3 is 24.8 Å². The smallest absolute Gasteiger partial charge is 0.339 e. The highest BCUT2D eigenvalue weighted by atomic mass is 32.1. The highest BCUT2D eigenvalue weighted by Crippen LogP contribution is 2.48. The summed E-state index contributed by atoms with van der Waals surface area (Å²) in [5, 5.41) is 13.1. The fourth-order valence-electron chi connectivity index (χ4n) is 4.03. The van der Waals surface area contributed by atoms with E-state index in [-0.39, 0.29) is 11.5 Å². The van der Waals surface area contributed by atoms with E-state index in [2.05, 4.69) is 5.32 Å². The SMILES string of the molecule is COCCN(C)c1ccc(C(=O)Nc2sc3c(c2C(=O)O)CC(C)(C)OC3(C)C)cc1. The molecule has 0 saturated heterocycles. The molecule has 8 heteroatoms. The fourth-order valence-corrected chi connectivity index (χ4v) is 5.28. The third-order valence-electron chi connectivity index (χ3n) is 5.33. The predicted molar refractivity (Wildman–Crippen MR) is 123 cm³/mol. The first kappa shape index (κ1) is 23.2. The Labute approximate surface area is 187 Å². The van der Waals surface area contributed by atoms with Crippen LogP contribution in [0.25, 0.3) is 0 Å². The maximum Gasteiger partial charge on any atom is 0.339 e. The zero-order chi connectivity index (χ0) is 23.0. The Bertz CT molecular complexity index is 979. The molecular weight excluding hydrogens is 416 g/mol. The number of hydrogen-bond acceptors (Lipinski definition) is 6. The normalized spacial score (nSPS) is 16.5. The molecule has 1 amide bonds. The summed E-state index contributed by atoms with van der Waals surface area (Å²) in [7, 11) is 3.61. The number of carbonyl (C=O) groups is 2. The van der Waals surface area contributed by atoms with Crippen LogP contribution in [-0.2, 0) is 21.5 Å². The van der Waals surface area contributed by atoms with E-state index in [4.69, 9.17) is 9.47 Å². The lowest BCUT2D eigenvalue weighted by Gasteiger charge is -2.41. The van der Waals surface area contributed by atoms with E-state index in [1.807, 2.05) is 51.8 Å². The molecule has 2 N–H and O–H groups in total. The number of fused-ring (bicyclic) bond motifs is 1. The van der Waals surface area contributed by atoms with Gasteiger partial charge in [-0.25, -0.2) is 4.79 Å². The third kappa shape index (κ3) is 4.92. The molecular formula is C23H30N2O5S. The molecule has 0 atom stereocenters. The van der Waals surface area contributed by atoms with E-state index in [1.165, 1.54) is 11.3 Å². The second-order valence-electron chi connectivity index (χ2n) is 8.88. The molecule has 0 saturated carbocycles. The molecule has 31 heavy (non-hydrogen) atoms. The van der Waals surface area contributed by atoms with Crippen LogP contribution in [0.3, 0.4) is 0 Å². The largest absolute Gasteiger partial charge is 0.478 e. The van der Waals surface area contributed by atoms with Crippen molar-refractivity contribution in [2.45, 2.75) is 45.3 Å². The zero-order valence-corrected chi connectivity index (χ0v) is 19.7. The highest BCUT2D eigenvalue weighted by Gasteiger charge is 2.43. The predicted octanol–water partition coefficient (Wildman–Crippen LogP) is 4.37. The van der Waals surface area contributed by atoms with E-state index < -0.39 is 17.2 Å². The Hall–Kier alpha value is -2.42. The first-order chi connectivity index (χ1) is 14.4. The summed E-state index contributed by atoms with van der Waals surface area (Å²) in [5.41, 5.74) is 1.20. The number of hydrogen-bond donors (Lipinski definition) is 2. The van der Waals surface area contributed by atoms with Crippen LogP contribution in [0.2, 0.25) is 0 Å². The molecule has 2 heterocycles. The van der Waals surface area contributed by atoms with Gasteiger partial charge in [0, 0.05) is 43.3 Å².